The number of aliphatic hydroxyl groups is 1. The number of aromatic nitrogens is 1. The van der Waals surface area contributed by atoms with E-state index in [2.05, 4.69) is 4.98 Å². The van der Waals surface area contributed by atoms with Gasteiger partial charge in [0.05, 0.1) is 11.5 Å². The summed E-state index contributed by atoms with van der Waals surface area (Å²) in [6, 6.07) is 1.63. The molecule has 0 saturated heterocycles. The van der Waals surface area contributed by atoms with Crippen LogP contribution in [-0.4, -0.2) is 16.3 Å². The lowest BCUT2D eigenvalue weighted by molar-refractivity contribution is -0.201. The molecule has 0 radical (unpaired) electrons. The Kier molecular flexibility index (Phi) is 3.47. The molecule has 1 aromatic rings. The maximum Gasteiger partial charge on any atom is 0.391 e. The molecule has 19 heavy (non-hydrogen) atoms. The Morgan fingerprint density at radius 2 is 2.16 bits per heavy atom. The fourth-order valence-corrected chi connectivity index (χ4v) is 2.73. The van der Waals surface area contributed by atoms with Crippen LogP contribution in [0.1, 0.15) is 36.8 Å². The summed E-state index contributed by atoms with van der Waals surface area (Å²) in [5, 5.41) is 10.6. The monoisotopic (exact) mass is 274 g/mol. The van der Waals surface area contributed by atoms with Crippen molar-refractivity contribution in [3.8, 4) is 0 Å². The fraction of sp³-hybridized carbons (Fsp3) is 0.615. The second kappa shape index (κ2) is 4.67. The van der Waals surface area contributed by atoms with Crippen molar-refractivity contribution < 1.29 is 18.3 Å². The van der Waals surface area contributed by atoms with Gasteiger partial charge in [-0.1, -0.05) is 0 Å². The van der Waals surface area contributed by atoms with Gasteiger partial charge in [-0.15, -0.1) is 0 Å². The topological polar surface area (TPSA) is 59.1 Å². The van der Waals surface area contributed by atoms with Gasteiger partial charge < -0.3 is 10.8 Å². The zero-order valence-corrected chi connectivity index (χ0v) is 10.7. The minimum absolute atomic E-state index is 0.0605. The minimum atomic E-state index is -4.28. The Bertz CT molecular complexity index is 475. The molecule has 1 fully saturated rings. The van der Waals surface area contributed by atoms with Crippen LogP contribution >= 0.6 is 0 Å². The third-order valence-corrected chi connectivity index (χ3v) is 3.75. The number of hydrogen-bond acceptors (Lipinski definition) is 3. The second-order valence-electron chi connectivity index (χ2n) is 5.31. The molecule has 6 heteroatoms. The molecular formula is C13H17F3N2O. The van der Waals surface area contributed by atoms with E-state index in [1.807, 2.05) is 0 Å². The van der Waals surface area contributed by atoms with E-state index >= 15 is 0 Å². The first-order chi connectivity index (χ1) is 8.72. The Hall–Kier alpha value is -1.30. The van der Waals surface area contributed by atoms with Gasteiger partial charge in [0.2, 0.25) is 0 Å². The summed E-state index contributed by atoms with van der Waals surface area (Å²) in [5.74, 6) is -1.37. The quantitative estimate of drug-likeness (QED) is 0.827. The van der Waals surface area contributed by atoms with Gasteiger partial charge in [0.25, 0.3) is 0 Å². The largest absolute Gasteiger partial charge is 0.391 e. The van der Waals surface area contributed by atoms with Gasteiger partial charge in [-0.05, 0) is 44.2 Å². The first-order valence-corrected chi connectivity index (χ1v) is 6.24. The van der Waals surface area contributed by atoms with Crippen LogP contribution in [0.2, 0.25) is 0 Å². The summed E-state index contributed by atoms with van der Waals surface area (Å²) in [4.78, 5) is 3.92. The molecule has 0 bridgehead atoms. The summed E-state index contributed by atoms with van der Waals surface area (Å²) in [7, 11) is 0. The van der Waals surface area contributed by atoms with Crippen LogP contribution < -0.4 is 5.73 Å². The zero-order valence-electron chi connectivity index (χ0n) is 10.7. The highest BCUT2D eigenvalue weighted by molar-refractivity contribution is 5.45. The first kappa shape index (κ1) is 14.1. The molecule has 1 saturated carbocycles. The number of nitrogen functional groups attached to an aromatic ring is 1. The molecule has 3 N–H and O–H groups in total. The molecule has 1 heterocycles. The van der Waals surface area contributed by atoms with Crippen molar-refractivity contribution in [3.63, 3.8) is 0 Å². The molecule has 3 nitrogen and oxygen atoms in total. The number of nitrogens with zero attached hydrogens (tertiary/aromatic N) is 1. The summed E-state index contributed by atoms with van der Waals surface area (Å²) in [5.41, 5.74) is 5.27. The standard InChI is InChI=1S/C13H17F3N2O/c1-8-5-10(11(17)18-7-8)12(19)4-2-3-9(6-12)13(14,15)16/h5,7,9,19H,2-4,6H2,1H3,(H2,17,18). The first-order valence-electron chi connectivity index (χ1n) is 6.24. The Morgan fingerprint density at radius 3 is 2.79 bits per heavy atom. The number of anilines is 1. The average Bonchev–Trinajstić information content (AvgIpc) is 2.31. The highest BCUT2D eigenvalue weighted by atomic mass is 19.4. The van der Waals surface area contributed by atoms with Crippen LogP contribution in [0.5, 0.6) is 0 Å². The smallest absolute Gasteiger partial charge is 0.385 e. The lowest BCUT2D eigenvalue weighted by Gasteiger charge is -2.38. The van der Waals surface area contributed by atoms with E-state index in [1.165, 1.54) is 6.20 Å². The molecular weight excluding hydrogens is 257 g/mol. The molecule has 2 rings (SSSR count). The van der Waals surface area contributed by atoms with Crippen molar-refractivity contribution in [1.29, 1.82) is 0 Å². The Labute approximate surface area is 109 Å². The third kappa shape index (κ3) is 2.83. The highest BCUT2D eigenvalue weighted by Crippen LogP contribution is 2.47. The van der Waals surface area contributed by atoms with E-state index in [0.717, 1.165) is 5.56 Å². The van der Waals surface area contributed by atoms with Crippen molar-refractivity contribution >= 4 is 5.82 Å². The van der Waals surface area contributed by atoms with Crippen LogP contribution in [0.3, 0.4) is 0 Å². The SMILES string of the molecule is Cc1cnc(N)c(C2(O)CCCC(C(F)(F)F)C2)c1. The van der Waals surface area contributed by atoms with Gasteiger partial charge in [-0.2, -0.15) is 13.2 Å². The lowest BCUT2D eigenvalue weighted by atomic mass is 9.74. The minimum Gasteiger partial charge on any atom is -0.385 e. The van der Waals surface area contributed by atoms with E-state index in [0.29, 0.717) is 12.0 Å². The third-order valence-electron chi connectivity index (χ3n) is 3.75. The van der Waals surface area contributed by atoms with E-state index in [-0.39, 0.29) is 25.1 Å². The predicted molar refractivity (Wildman–Crippen MR) is 65.3 cm³/mol. The van der Waals surface area contributed by atoms with Crippen molar-refractivity contribution in [2.24, 2.45) is 5.92 Å². The molecule has 1 aliphatic rings. The van der Waals surface area contributed by atoms with Crippen LogP contribution in [0.4, 0.5) is 19.0 Å². The van der Waals surface area contributed by atoms with Gasteiger partial charge in [0.1, 0.15) is 5.82 Å². The summed E-state index contributed by atoms with van der Waals surface area (Å²) in [6.45, 7) is 1.77. The fourth-order valence-electron chi connectivity index (χ4n) is 2.73. The summed E-state index contributed by atoms with van der Waals surface area (Å²) in [6.07, 6.45) is -2.41. The van der Waals surface area contributed by atoms with Crippen molar-refractivity contribution in [2.75, 3.05) is 5.73 Å². The number of alkyl halides is 3. The second-order valence-corrected chi connectivity index (χ2v) is 5.31. The number of hydrogen-bond donors (Lipinski definition) is 2. The van der Waals surface area contributed by atoms with Crippen LogP contribution in [-0.2, 0) is 5.60 Å². The number of pyridine rings is 1. The van der Waals surface area contributed by atoms with Gasteiger partial charge in [-0.25, -0.2) is 4.98 Å². The summed E-state index contributed by atoms with van der Waals surface area (Å²) >= 11 is 0. The van der Waals surface area contributed by atoms with Crippen molar-refractivity contribution in [1.82, 2.24) is 4.98 Å². The Morgan fingerprint density at radius 1 is 1.47 bits per heavy atom. The molecule has 1 aromatic heterocycles. The molecule has 106 valence electrons. The van der Waals surface area contributed by atoms with E-state index in [4.69, 9.17) is 5.73 Å². The molecule has 2 unspecified atom stereocenters. The van der Waals surface area contributed by atoms with Gasteiger partial charge in [-0.3, -0.25) is 0 Å². The number of aryl methyl sites for hydroxylation is 1. The van der Waals surface area contributed by atoms with Crippen molar-refractivity contribution in [2.45, 2.75) is 44.4 Å². The van der Waals surface area contributed by atoms with E-state index < -0.39 is 17.7 Å². The van der Waals surface area contributed by atoms with Gasteiger partial charge >= 0.3 is 6.18 Å². The zero-order chi connectivity index (χ0) is 14.3. The average molecular weight is 274 g/mol. The number of rotatable bonds is 1. The van der Waals surface area contributed by atoms with E-state index in [1.54, 1.807) is 13.0 Å². The highest BCUT2D eigenvalue weighted by Gasteiger charge is 2.48. The lowest BCUT2D eigenvalue weighted by Crippen LogP contribution is -2.39. The number of halogens is 3. The van der Waals surface area contributed by atoms with E-state index in [9.17, 15) is 18.3 Å². The molecule has 0 aromatic carbocycles. The maximum atomic E-state index is 12.8. The van der Waals surface area contributed by atoms with Crippen LogP contribution in [0.25, 0.3) is 0 Å². The number of nitrogens with two attached hydrogens (primary N) is 1. The molecule has 1 aliphatic carbocycles. The summed E-state index contributed by atoms with van der Waals surface area (Å²) < 4.78 is 38.5. The van der Waals surface area contributed by atoms with Gasteiger partial charge in [0.15, 0.2) is 0 Å². The molecule has 0 aliphatic heterocycles. The van der Waals surface area contributed by atoms with Gasteiger partial charge in [0, 0.05) is 11.8 Å². The molecule has 0 amide bonds. The van der Waals surface area contributed by atoms with Crippen molar-refractivity contribution in [3.05, 3.63) is 23.4 Å². The maximum absolute atomic E-state index is 12.8. The van der Waals surface area contributed by atoms with Crippen LogP contribution in [0, 0.1) is 12.8 Å². The normalized spacial score (nSPS) is 28.4. The predicted octanol–water partition coefficient (Wildman–Crippen LogP) is 2.91. The molecule has 2 atom stereocenters. The van der Waals surface area contributed by atoms with Crippen LogP contribution in [0.15, 0.2) is 12.3 Å². The Balaban J connectivity index is 2.34. The molecule has 0 spiro atoms.